The highest BCUT2D eigenvalue weighted by atomic mass is 16.5. The summed E-state index contributed by atoms with van der Waals surface area (Å²) in [5, 5.41) is 2.64. The molecule has 0 aliphatic carbocycles. The largest absolute Gasteiger partial charge is 0.399 e. The summed E-state index contributed by atoms with van der Waals surface area (Å²) in [5.41, 5.74) is 6.66. The van der Waals surface area contributed by atoms with Crippen molar-refractivity contribution in [2.45, 2.75) is 19.4 Å². The van der Waals surface area contributed by atoms with Crippen LogP contribution in [0.2, 0.25) is 0 Å². The number of nitrogens with one attached hydrogen (secondary N) is 1. The number of hydrogen-bond donors (Lipinski definition) is 2. The van der Waals surface area contributed by atoms with Crippen LogP contribution in [0.1, 0.15) is 23.7 Å². The standard InChI is InChI=1S/C15H21N3O3/c1-11-10-18(7-2-8-21-11)14(19)9-17-15(20)12-3-5-13(16)6-4-12/h3-6,11H,2,7-10,16H2,1H3,(H,17,20). The van der Waals surface area contributed by atoms with Crippen LogP contribution in [-0.2, 0) is 9.53 Å². The lowest BCUT2D eigenvalue weighted by molar-refractivity contribution is -0.130. The molecule has 1 saturated heterocycles. The second kappa shape index (κ2) is 7.08. The third-order valence-electron chi connectivity index (χ3n) is 3.38. The molecule has 0 bridgehead atoms. The first-order chi connectivity index (χ1) is 10.1. The summed E-state index contributed by atoms with van der Waals surface area (Å²) in [6, 6.07) is 6.59. The van der Waals surface area contributed by atoms with Crippen LogP contribution in [0.3, 0.4) is 0 Å². The number of benzene rings is 1. The normalized spacial score (nSPS) is 18.9. The Hall–Kier alpha value is -2.08. The number of nitrogens with zero attached hydrogens (tertiary/aromatic N) is 1. The highest BCUT2D eigenvalue weighted by Gasteiger charge is 2.20. The summed E-state index contributed by atoms with van der Waals surface area (Å²) in [6.07, 6.45) is 0.853. The molecule has 0 saturated carbocycles. The van der Waals surface area contributed by atoms with Crippen LogP contribution >= 0.6 is 0 Å². The molecule has 1 heterocycles. The molecule has 0 spiro atoms. The number of nitrogen functional groups attached to an aromatic ring is 1. The SMILES string of the molecule is CC1CN(C(=O)CNC(=O)c2ccc(N)cc2)CCCO1. The molecule has 6 nitrogen and oxygen atoms in total. The number of nitrogens with two attached hydrogens (primary N) is 1. The first-order valence-corrected chi connectivity index (χ1v) is 7.09. The Balaban J connectivity index is 1.85. The van der Waals surface area contributed by atoms with Crippen molar-refractivity contribution in [3.8, 4) is 0 Å². The van der Waals surface area contributed by atoms with Crippen LogP contribution in [0.25, 0.3) is 0 Å². The summed E-state index contributed by atoms with van der Waals surface area (Å²) >= 11 is 0. The number of hydrogen-bond acceptors (Lipinski definition) is 4. The van der Waals surface area contributed by atoms with Gasteiger partial charge in [0.15, 0.2) is 0 Å². The fourth-order valence-electron chi connectivity index (χ4n) is 2.23. The smallest absolute Gasteiger partial charge is 0.251 e. The second-order valence-corrected chi connectivity index (χ2v) is 5.18. The Kier molecular flexibility index (Phi) is 5.16. The zero-order chi connectivity index (χ0) is 15.2. The molecule has 21 heavy (non-hydrogen) atoms. The maximum absolute atomic E-state index is 12.1. The molecule has 6 heteroatoms. The molecule has 1 unspecified atom stereocenters. The molecule has 1 aliphatic rings. The van der Waals surface area contributed by atoms with Gasteiger partial charge in [-0.3, -0.25) is 9.59 Å². The van der Waals surface area contributed by atoms with E-state index in [0.717, 1.165) is 6.42 Å². The van der Waals surface area contributed by atoms with Gasteiger partial charge in [-0.15, -0.1) is 0 Å². The molecule has 1 aliphatic heterocycles. The van der Waals surface area contributed by atoms with E-state index < -0.39 is 0 Å². The van der Waals surface area contributed by atoms with E-state index in [-0.39, 0.29) is 24.5 Å². The van der Waals surface area contributed by atoms with Gasteiger partial charge in [0.1, 0.15) is 0 Å². The predicted octanol–water partition coefficient (Wildman–Crippen LogP) is 0.636. The molecule has 1 fully saturated rings. The van der Waals surface area contributed by atoms with Gasteiger partial charge in [-0.25, -0.2) is 0 Å². The summed E-state index contributed by atoms with van der Waals surface area (Å²) in [6.45, 7) is 3.84. The minimum Gasteiger partial charge on any atom is -0.399 e. The van der Waals surface area contributed by atoms with E-state index in [9.17, 15) is 9.59 Å². The molecule has 1 atom stereocenters. The Morgan fingerprint density at radius 3 is 2.81 bits per heavy atom. The summed E-state index contributed by atoms with van der Waals surface area (Å²) in [7, 11) is 0. The average molecular weight is 291 g/mol. The second-order valence-electron chi connectivity index (χ2n) is 5.18. The fraction of sp³-hybridized carbons (Fsp3) is 0.467. The van der Waals surface area contributed by atoms with Crippen molar-refractivity contribution >= 4 is 17.5 Å². The maximum atomic E-state index is 12.1. The quantitative estimate of drug-likeness (QED) is 0.800. The molecule has 0 radical (unpaired) electrons. The van der Waals surface area contributed by atoms with Crippen LogP contribution in [-0.4, -0.2) is 49.1 Å². The van der Waals surface area contributed by atoms with E-state index >= 15 is 0 Å². The monoisotopic (exact) mass is 291 g/mol. The Morgan fingerprint density at radius 1 is 1.38 bits per heavy atom. The van der Waals surface area contributed by atoms with E-state index in [4.69, 9.17) is 10.5 Å². The van der Waals surface area contributed by atoms with Crippen LogP contribution in [0.4, 0.5) is 5.69 Å². The van der Waals surface area contributed by atoms with E-state index in [2.05, 4.69) is 5.32 Å². The molecule has 0 aromatic heterocycles. The van der Waals surface area contributed by atoms with Gasteiger partial charge in [-0.1, -0.05) is 0 Å². The number of amides is 2. The zero-order valence-corrected chi connectivity index (χ0v) is 12.2. The molecular formula is C15H21N3O3. The third kappa shape index (κ3) is 4.46. The van der Waals surface area contributed by atoms with Crippen LogP contribution in [0.5, 0.6) is 0 Å². The third-order valence-corrected chi connectivity index (χ3v) is 3.38. The number of carbonyl (C=O) groups excluding carboxylic acids is 2. The summed E-state index contributed by atoms with van der Waals surface area (Å²) < 4.78 is 5.50. The molecule has 3 N–H and O–H groups in total. The Bertz CT molecular complexity index is 501. The molecule has 2 amide bonds. The van der Waals surface area contributed by atoms with Crippen molar-refractivity contribution in [2.24, 2.45) is 0 Å². The van der Waals surface area contributed by atoms with Crippen molar-refractivity contribution in [3.05, 3.63) is 29.8 Å². The fourth-order valence-corrected chi connectivity index (χ4v) is 2.23. The van der Waals surface area contributed by atoms with Gasteiger partial charge in [0.2, 0.25) is 5.91 Å². The van der Waals surface area contributed by atoms with Crippen molar-refractivity contribution in [3.63, 3.8) is 0 Å². The Labute approximate surface area is 124 Å². The topological polar surface area (TPSA) is 84.7 Å². The van der Waals surface area contributed by atoms with Gasteiger partial charge in [0.25, 0.3) is 5.91 Å². The number of carbonyl (C=O) groups is 2. The molecule has 114 valence electrons. The molecular weight excluding hydrogens is 270 g/mol. The van der Waals surface area contributed by atoms with E-state index in [1.807, 2.05) is 6.92 Å². The van der Waals surface area contributed by atoms with Crippen LogP contribution in [0, 0.1) is 0 Å². The predicted molar refractivity (Wildman–Crippen MR) is 79.8 cm³/mol. The minimum atomic E-state index is -0.275. The average Bonchev–Trinajstić information content (AvgIpc) is 2.70. The van der Waals surface area contributed by atoms with E-state index in [1.54, 1.807) is 29.2 Å². The lowest BCUT2D eigenvalue weighted by atomic mass is 10.2. The number of anilines is 1. The highest BCUT2D eigenvalue weighted by Crippen LogP contribution is 2.07. The maximum Gasteiger partial charge on any atom is 0.251 e. The van der Waals surface area contributed by atoms with Gasteiger partial charge < -0.3 is 20.7 Å². The lowest BCUT2D eigenvalue weighted by Gasteiger charge is -2.22. The van der Waals surface area contributed by atoms with Gasteiger partial charge in [0, 0.05) is 30.9 Å². The zero-order valence-electron chi connectivity index (χ0n) is 12.2. The molecule has 1 aromatic rings. The lowest BCUT2D eigenvalue weighted by Crippen LogP contribution is -2.42. The first kappa shape index (κ1) is 15.3. The first-order valence-electron chi connectivity index (χ1n) is 7.09. The van der Waals surface area contributed by atoms with Crippen molar-refractivity contribution in [1.82, 2.24) is 10.2 Å². The van der Waals surface area contributed by atoms with Crippen LogP contribution < -0.4 is 11.1 Å². The number of ether oxygens (including phenoxy) is 1. The van der Waals surface area contributed by atoms with E-state index in [0.29, 0.717) is 30.9 Å². The van der Waals surface area contributed by atoms with Crippen molar-refractivity contribution in [1.29, 1.82) is 0 Å². The van der Waals surface area contributed by atoms with E-state index in [1.165, 1.54) is 0 Å². The molecule has 1 aromatic carbocycles. The van der Waals surface area contributed by atoms with Gasteiger partial charge in [0.05, 0.1) is 12.6 Å². The summed E-state index contributed by atoms with van der Waals surface area (Å²) in [4.78, 5) is 25.8. The van der Waals surface area contributed by atoms with Gasteiger partial charge in [-0.05, 0) is 37.6 Å². The Morgan fingerprint density at radius 2 is 2.10 bits per heavy atom. The van der Waals surface area contributed by atoms with Crippen LogP contribution in [0.15, 0.2) is 24.3 Å². The van der Waals surface area contributed by atoms with Crippen molar-refractivity contribution in [2.75, 3.05) is 32.0 Å². The van der Waals surface area contributed by atoms with Crippen molar-refractivity contribution < 1.29 is 14.3 Å². The van der Waals surface area contributed by atoms with Gasteiger partial charge in [-0.2, -0.15) is 0 Å². The highest BCUT2D eigenvalue weighted by molar-refractivity contribution is 5.96. The van der Waals surface area contributed by atoms with Gasteiger partial charge >= 0.3 is 0 Å². The summed E-state index contributed by atoms with van der Waals surface area (Å²) in [5.74, 6) is -0.362. The molecule has 2 rings (SSSR count). The number of rotatable bonds is 3. The minimum absolute atomic E-state index is 0.00404.